The fourth-order valence-corrected chi connectivity index (χ4v) is 3.39. The molecule has 1 heterocycles. The van der Waals surface area contributed by atoms with Crippen LogP contribution >= 0.6 is 0 Å². The fourth-order valence-electron chi connectivity index (χ4n) is 3.39. The van der Waals surface area contributed by atoms with Crippen molar-refractivity contribution in [3.05, 3.63) is 12.2 Å². The Kier molecular flexibility index (Phi) is 5.86. The first-order chi connectivity index (χ1) is 9.24. The molecular formula is C16H28O3. The SMILES string of the molecule is CCCCCC(O)C=CC1CC[C@H]2O[C@H](OC)C[C@H]12. The molecular weight excluding hydrogens is 240 g/mol. The van der Waals surface area contributed by atoms with Gasteiger partial charge >= 0.3 is 0 Å². The second kappa shape index (κ2) is 7.41. The van der Waals surface area contributed by atoms with Crippen LogP contribution in [-0.4, -0.2) is 30.7 Å². The van der Waals surface area contributed by atoms with E-state index >= 15 is 0 Å². The predicted molar refractivity (Wildman–Crippen MR) is 75.8 cm³/mol. The molecule has 0 amide bonds. The Balaban J connectivity index is 1.76. The van der Waals surface area contributed by atoms with Crippen LogP contribution in [0.4, 0.5) is 0 Å². The molecule has 2 unspecified atom stereocenters. The summed E-state index contributed by atoms with van der Waals surface area (Å²) in [6.07, 6.45) is 12.1. The van der Waals surface area contributed by atoms with Crippen molar-refractivity contribution in [2.24, 2.45) is 11.8 Å². The van der Waals surface area contributed by atoms with E-state index in [0.29, 0.717) is 17.9 Å². The highest BCUT2D eigenvalue weighted by atomic mass is 16.7. The first-order valence-electron chi connectivity index (χ1n) is 7.79. The first-order valence-corrected chi connectivity index (χ1v) is 7.79. The lowest BCUT2D eigenvalue weighted by molar-refractivity contribution is -0.114. The van der Waals surface area contributed by atoms with Gasteiger partial charge in [-0.2, -0.15) is 0 Å². The van der Waals surface area contributed by atoms with Gasteiger partial charge in [0, 0.05) is 13.5 Å². The van der Waals surface area contributed by atoms with Crippen LogP contribution in [-0.2, 0) is 9.47 Å². The molecule has 19 heavy (non-hydrogen) atoms. The first kappa shape index (κ1) is 15.0. The summed E-state index contributed by atoms with van der Waals surface area (Å²) in [5, 5.41) is 9.93. The van der Waals surface area contributed by atoms with E-state index in [9.17, 15) is 5.11 Å². The van der Waals surface area contributed by atoms with Crippen molar-refractivity contribution >= 4 is 0 Å². The maximum atomic E-state index is 9.93. The van der Waals surface area contributed by atoms with E-state index in [1.165, 1.54) is 19.3 Å². The molecule has 2 rings (SSSR count). The molecule has 0 aromatic heterocycles. The van der Waals surface area contributed by atoms with E-state index in [2.05, 4.69) is 13.0 Å². The number of hydrogen-bond donors (Lipinski definition) is 1. The van der Waals surface area contributed by atoms with Gasteiger partial charge in [-0.15, -0.1) is 0 Å². The molecule has 0 bridgehead atoms. The number of aliphatic hydroxyl groups excluding tert-OH is 1. The predicted octanol–water partition coefficient (Wildman–Crippen LogP) is 3.27. The summed E-state index contributed by atoms with van der Waals surface area (Å²) in [4.78, 5) is 0. The zero-order chi connectivity index (χ0) is 13.7. The van der Waals surface area contributed by atoms with Crippen LogP contribution in [0.15, 0.2) is 12.2 Å². The lowest BCUT2D eigenvalue weighted by atomic mass is 9.92. The Morgan fingerprint density at radius 1 is 1.37 bits per heavy atom. The van der Waals surface area contributed by atoms with E-state index in [4.69, 9.17) is 9.47 Å². The Labute approximate surface area is 117 Å². The third-order valence-corrected chi connectivity index (χ3v) is 4.55. The number of aliphatic hydroxyl groups is 1. The summed E-state index contributed by atoms with van der Waals surface area (Å²) in [5.74, 6) is 1.15. The zero-order valence-electron chi connectivity index (χ0n) is 12.3. The maximum Gasteiger partial charge on any atom is 0.157 e. The summed E-state index contributed by atoms with van der Waals surface area (Å²) in [6.45, 7) is 2.19. The highest BCUT2D eigenvalue weighted by Gasteiger charge is 2.43. The molecule has 3 heteroatoms. The molecule has 2 aliphatic rings. The molecule has 0 aromatic carbocycles. The molecule has 1 saturated heterocycles. The Hall–Kier alpha value is -0.380. The topological polar surface area (TPSA) is 38.7 Å². The van der Waals surface area contributed by atoms with Crippen molar-refractivity contribution in [3.63, 3.8) is 0 Å². The minimum absolute atomic E-state index is 0.0133. The lowest BCUT2D eigenvalue weighted by Crippen LogP contribution is -2.12. The van der Waals surface area contributed by atoms with Gasteiger partial charge in [-0.25, -0.2) is 0 Å². The van der Waals surface area contributed by atoms with Crippen molar-refractivity contribution in [2.75, 3.05) is 7.11 Å². The Morgan fingerprint density at radius 3 is 2.95 bits per heavy atom. The van der Waals surface area contributed by atoms with Gasteiger partial charge in [0.1, 0.15) is 0 Å². The van der Waals surface area contributed by atoms with E-state index in [-0.39, 0.29) is 12.4 Å². The van der Waals surface area contributed by atoms with Gasteiger partial charge in [0.2, 0.25) is 0 Å². The second-order valence-corrected chi connectivity index (χ2v) is 5.93. The minimum Gasteiger partial charge on any atom is -0.389 e. The van der Waals surface area contributed by atoms with Crippen LogP contribution in [0.2, 0.25) is 0 Å². The molecule has 0 aromatic rings. The Bertz CT molecular complexity index is 290. The lowest BCUT2D eigenvalue weighted by Gasteiger charge is -2.13. The highest BCUT2D eigenvalue weighted by molar-refractivity contribution is 5.02. The molecule has 5 atom stereocenters. The van der Waals surface area contributed by atoms with Crippen LogP contribution in [0.5, 0.6) is 0 Å². The number of allylic oxidation sites excluding steroid dienone is 1. The summed E-state index contributed by atoms with van der Waals surface area (Å²) in [5.41, 5.74) is 0. The molecule has 3 nitrogen and oxygen atoms in total. The van der Waals surface area contributed by atoms with Gasteiger partial charge < -0.3 is 14.6 Å². The third-order valence-electron chi connectivity index (χ3n) is 4.55. The minimum atomic E-state index is -0.272. The van der Waals surface area contributed by atoms with Crippen molar-refractivity contribution in [2.45, 2.75) is 70.4 Å². The fraction of sp³-hybridized carbons (Fsp3) is 0.875. The van der Waals surface area contributed by atoms with E-state index < -0.39 is 0 Å². The van der Waals surface area contributed by atoms with Gasteiger partial charge in [-0.3, -0.25) is 0 Å². The number of hydrogen-bond acceptors (Lipinski definition) is 3. The number of ether oxygens (including phenoxy) is 2. The summed E-state index contributed by atoms with van der Waals surface area (Å²) in [7, 11) is 1.72. The molecule has 1 saturated carbocycles. The molecule has 1 aliphatic heterocycles. The monoisotopic (exact) mass is 268 g/mol. The van der Waals surface area contributed by atoms with Gasteiger partial charge in [-0.05, 0) is 31.1 Å². The molecule has 1 N–H and O–H groups in total. The number of fused-ring (bicyclic) bond motifs is 1. The summed E-state index contributed by atoms with van der Waals surface area (Å²) >= 11 is 0. The third kappa shape index (κ3) is 4.04. The van der Waals surface area contributed by atoms with Crippen molar-refractivity contribution in [3.8, 4) is 0 Å². The van der Waals surface area contributed by atoms with E-state index in [0.717, 1.165) is 25.7 Å². The van der Waals surface area contributed by atoms with Gasteiger partial charge in [0.25, 0.3) is 0 Å². The van der Waals surface area contributed by atoms with E-state index in [1.54, 1.807) is 7.11 Å². The molecule has 0 radical (unpaired) electrons. The highest BCUT2D eigenvalue weighted by Crippen LogP contribution is 2.43. The van der Waals surface area contributed by atoms with E-state index in [1.807, 2.05) is 6.08 Å². The number of unbranched alkanes of at least 4 members (excludes halogenated alkanes) is 2. The Morgan fingerprint density at radius 2 is 2.21 bits per heavy atom. The van der Waals surface area contributed by atoms with Crippen LogP contribution in [0.1, 0.15) is 51.9 Å². The zero-order valence-corrected chi connectivity index (χ0v) is 12.3. The molecule has 0 spiro atoms. The second-order valence-electron chi connectivity index (χ2n) is 5.93. The van der Waals surface area contributed by atoms with Gasteiger partial charge in [-0.1, -0.05) is 38.3 Å². The number of methoxy groups -OCH3 is 1. The number of rotatable bonds is 7. The smallest absolute Gasteiger partial charge is 0.157 e. The quantitative estimate of drug-likeness (QED) is 0.569. The standard InChI is InChI=1S/C16H28O3/c1-3-4-5-6-13(17)9-7-12-8-10-15-14(12)11-16(18-2)19-15/h7,9,12-17H,3-6,8,10-11H2,1-2H3/t12?,13?,14-,15-,16+/m1/s1. The maximum absolute atomic E-state index is 9.93. The van der Waals surface area contributed by atoms with Crippen molar-refractivity contribution in [1.29, 1.82) is 0 Å². The summed E-state index contributed by atoms with van der Waals surface area (Å²) in [6, 6.07) is 0. The van der Waals surface area contributed by atoms with Crippen molar-refractivity contribution < 1.29 is 14.6 Å². The van der Waals surface area contributed by atoms with Crippen LogP contribution in [0.25, 0.3) is 0 Å². The normalized spacial score (nSPS) is 35.9. The van der Waals surface area contributed by atoms with Crippen LogP contribution in [0, 0.1) is 11.8 Å². The molecule has 1 aliphatic carbocycles. The van der Waals surface area contributed by atoms with Crippen molar-refractivity contribution in [1.82, 2.24) is 0 Å². The van der Waals surface area contributed by atoms with Gasteiger partial charge in [0.15, 0.2) is 6.29 Å². The van der Waals surface area contributed by atoms with Gasteiger partial charge in [0.05, 0.1) is 12.2 Å². The largest absolute Gasteiger partial charge is 0.389 e. The average Bonchev–Trinajstić information content (AvgIpc) is 2.96. The molecule has 2 fully saturated rings. The average molecular weight is 268 g/mol. The molecule has 110 valence electrons. The van der Waals surface area contributed by atoms with Crippen LogP contribution < -0.4 is 0 Å². The summed E-state index contributed by atoms with van der Waals surface area (Å²) < 4.78 is 11.1. The van der Waals surface area contributed by atoms with Crippen LogP contribution in [0.3, 0.4) is 0 Å².